The molecule has 78 heavy (non-hydrogen) atoms. The molecule has 0 aliphatic carbocycles. The minimum Gasteiger partial charge on any atom is -0.445 e. The molecular weight excluding hydrogens is 1010 g/mol. The third-order valence-electron chi connectivity index (χ3n) is 16.4. The summed E-state index contributed by atoms with van der Waals surface area (Å²) in [7, 11) is 0. The van der Waals surface area contributed by atoms with Crippen molar-refractivity contribution in [1.29, 1.82) is 0 Å². The van der Waals surface area contributed by atoms with Crippen molar-refractivity contribution in [2.75, 3.05) is 94.9 Å². The third-order valence-corrected chi connectivity index (χ3v) is 16.4. The zero-order valence-electron chi connectivity index (χ0n) is 43.8. The first kappa shape index (κ1) is 53.5. The molecule has 414 valence electrons. The van der Waals surface area contributed by atoms with Crippen molar-refractivity contribution < 1.29 is 67.0 Å². The first-order valence-electron chi connectivity index (χ1n) is 27.0. The van der Waals surface area contributed by atoms with Crippen LogP contribution in [0.1, 0.15) is 119 Å². The van der Waals surface area contributed by atoms with Crippen LogP contribution in [0.5, 0.6) is 0 Å². The number of benzene rings is 2. The number of fused-ring (bicyclic) bond motifs is 2. The van der Waals surface area contributed by atoms with Crippen LogP contribution in [0.25, 0.3) is 0 Å². The largest absolute Gasteiger partial charge is 0.445 e. The molecule has 0 aromatic heterocycles. The second kappa shape index (κ2) is 21.8. The van der Waals surface area contributed by atoms with Crippen LogP contribution in [0, 0.1) is 11.8 Å². The molecule has 2 aromatic carbocycles. The number of hydrogen-bond acceptors (Lipinski definition) is 16. The minimum absolute atomic E-state index is 0.0255. The van der Waals surface area contributed by atoms with Gasteiger partial charge in [-0.15, -0.1) is 0 Å². The second-order valence-electron chi connectivity index (χ2n) is 22.0. The summed E-state index contributed by atoms with van der Waals surface area (Å²) in [4.78, 5) is 167. The maximum Gasteiger partial charge on any atom is 0.410 e. The summed E-state index contributed by atoms with van der Waals surface area (Å²) in [6.07, 6.45) is 2.35. The zero-order valence-corrected chi connectivity index (χ0v) is 43.8. The summed E-state index contributed by atoms with van der Waals surface area (Å²) >= 11 is 0. The summed E-state index contributed by atoms with van der Waals surface area (Å²) in [5.41, 5.74) is 1.16. The third kappa shape index (κ3) is 11.0. The molecule has 2 unspecified atom stereocenters. The smallest absolute Gasteiger partial charge is 0.410 e. The topological polar surface area (TPSA) is 273 Å². The molecule has 0 bridgehead atoms. The van der Waals surface area contributed by atoms with Crippen molar-refractivity contribution >= 4 is 82.6 Å². The van der Waals surface area contributed by atoms with E-state index >= 15 is 0 Å². The van der Waals surface area contributed by atoms with E-state index in [1.165, 1.54) is 0 Å². The van der Waals surface area contributed by atoms with E-state index in [9.17, 15) is 57.5 Å². The Bertz CT molecular complexity index is 2860. The minimum atomic E-state index is -1.12. The molecule has 2 aromatic rings. The van der Waals surface area contributed by atoms with Crippen LogP contribution in [0.15, 0.2) is 36.4 Å². The lowest BCUT2D eigenvalue weighted by molar-refractivity contribution is -0.137. The maximum atomic E-state index is 13.4. The van der Waals surface area contributed by atoms with Crippen molar-refractivity contribution in [2.24, 2.45) is 11.8 Å². The maximum absolute atomic E-state index is 13.4. The Hall–Kier alpha value is -7.92. The number of piperidine rings is 4. The van der Waals surface area contributed by atoms with E-state index in [2.05, 4.69) is 10.6 Å². The lowest BCUT2D eigenvalue weighted by atomic mass is 9.93. The Morgan fingerprint density at radius 2 is 0.872 bits per heavy atom. The van der Waals surface area contributed by atoms with E-state index in [1.807, 2.05) is 19.6 Å². The number of ether oxygens (including phenoxy) is 2. The average molecular weight is 1080 g/mol. The van der Waals surface area contributed by atoms with Gasteiger partial charge in [0, 0.05) is 116 Å². The molecule has 2 N–H and O–H groups in total. The fraction of sp³-hybridized carbons (Fsp3) is 0.556. The summed E-state index contributed by atoms with van der Waals surface area (Å²) < 4.78 is 11.4. The molecule has 8 aliphatic heterocycles. The van der Waals surface area contributed by atoms with E-state index in [-0.39, 0.29) is 78.2 Å². The number of amides is 12. The Kier molecular flexibility index (Phi) is 15.0. The molecule has 10 rings (SSSR count). The number of anilines is 2. The van der Waals surface area contributed by atoms with E-state index < -0.39 is 77.1 Å². The molecule has 8 aliphatic rings. The normalized spacial score (nSPS) is 22.7. The van der Waals surface area contributed by atoms with E-state index in [1.54, 1.807) is 60.0 Å². The highest BCUT2D eigenvalue weighted by Gasteiger charge is 2.47. The van der Waals surface area contributed by atoms with Gasteiger partial charge in [-0.2, -0.15) is 0 Å². The first-order valence-corrected chi connectivity index (χ1v) is 27.0. The molecule has 8 heterocycles. The van der Waals surface area contributed by atoms with Crippen molar-refractivity contribution in [3.63, 3.8) is 0 Å². The standard InChI is InChI=1S/C54H64N10O14/c1-54(2,78-53(76)62-17-13-33(14-18-62)28-45(68)60-25-21-58(22-26-60)35-4-6-37-39(30-35)51(74)64(49(37)72)41-8-10-43(66)56-47(41)70)31-77-52(75)61-15-11-32(12-16-61)27-44(67)59-23-19-57(20-24-59)34-3-5-36-38(29-34)50(73)63(48(36)71)40-7-9-42(65)55-46(40)69/h3-6,29-30,32-33,40-41H,7-28,31H2,1-2H3,(H,55,65,69)(H,56,66,70). The summed E-state index contributed by atoms with van der Waals surface area (Å²) in [5, 5.41) is 4.41. The molecule has 24 heteroatoms. The predicted molar refractivity (Wildman–Crippen MR) is 274 cm³/mol. The van der Waals surface area contributed by atoms with Gasteiger partial charge < -0.3 is 38.9 Å². The van der Waals surface area contributed by atoms with Gasteiger partial charge in [-0.05, 0) is 101 Å². The highest BCUT2D eigenvalue weighted by molar-refractivity contribution is 6.25. The van der Waals surface area contributed by atoms with Gasteiger partial charge in [0.05, 0.1) is 22.3 Å². The fourth-order valence-electron chi connectivity index (χ4n) is 11.8. The van der Waals surface area contributed by atoms with Gasteiger partial charge in [-0.1, -0.05) is 0 Å². The molecule has 6 fully saturated rings. The van der Waals surface area contributed by atoms with Crippen molar-refractivity contribution in [2.45, 2.75) is 95.7 Å². The van der Waals surface area contributed by atoms with Gasteiger partial charge in [0.1, 0.15) is 24.3 Å². The van der Waals surface area contributed by atoms with Crippen molar-refractivity contribution in [3.8, 4) is 0 Å². The lowest BCUT2D eigenvalue weighted by Gasteiger charge is -2.38. The molecular formula is C54H64N10O14. The number of piperazine rings is 2. The van der Waals surface area contributed by atoms with Gasteiger partial charge in [0.15, 0.2) is 0 Å². The second-order valence-corrected chi connectivity index (χ2v) is 22.0. The molecule has 24 nitrogen and oxygen atoms in total. The average Bonchev–Trinajstić information content (AvgIpc) is 4.10. The predicted octanol–water partition coefficient (Wildman–Crippen LogP) is 1.74. The fourth-order valence-corrected chi connectivity index (χ4v) is 11.8. The highest BCUT2D eigenvalue weighted by atomic mass is 16.6. The summed E-state index contributed by atoms with van der Waals surface area (Å²) in [6, 6.07) is 7.90. The van der Waals surface area contributed by atoms with Gasteiger partial charge in [0.2, 0.25) is 35.4 Å². The van der Waals surface area contributed by atoms with Crippen LogP contribution in [0.4, 0.5) is 21.0 Å². The zero-order chi connectivity index (χ0) is 55.2. The number of imide groups is 4. The number of nitrogens with zero attached hydrogens (tertiary/aromatic N) is 8. The van der Waals surface area contributed by atoms with Crippen LogP contribution in [0.3, 0.4) is 0 Å². The Labute approximate surface area is 449 Å². The van der Waals surface area contributed by atoms with Gasteiger partial charge in [-0.3, -0.25) is 68.4 Å². The van der Waals surface area contributed by atoms with Crippen LogP contribution in [0.2, 0.25) is 0 Å². The van der Waals surface area contributed by atoms with Crippen LogP contribution in [-0.4, -0.2) is 203 Å². The van der Waals surface area contributed by atoms with Crippen LogP contribution >= 0.6 is 0 Å². The Balaban J connectivity index is 0.595. The van der Waals surface area contributed by atoms with Gasteiger partial charge in [0.25, 0.3) is 23.6 Å². The quantitative estimate of drug-likeness (QED) is 0.303. The summed E-state index contributed by atoms with van der Waals surface area (Å²) in [5.74, 6) is -4.27. The van der Waals surface area contributed by atoms with Gasteiger partial charge >= 0.3 is 12.2 Å². The van der Waals surface area contributed by atoms with Crippen LogP contribution < -0.4 is 20.4 Å². The number of likely N-dealkylation sites (tertiary alicyclic amines) is 2. The monoisotopic (exact) mass is 1080 g/mol. The number of hydrogen-bond donors (Lipinski definition) is 2. The number of carbonyl (C=O) groups is 12. The SMILES string of the molecule is CC(C)(COC(=O)N1CCC(CC(=O)N2CCN(c3ccc4c(c3)C(=O)N(C3CCC(=O)NC3=O)C4=O)CC2)CC1)OC(=O)N1CCC(CC(=O)N2CCN(c3ccc4c(c3)C(=O)N(C3CCC(=O)NC3=O)C4=O)CC2)CC1. The number of carbonyl (C=O) groups excluding carboxylic acids is 12. The van der Waals surface area contributed by atoms with Gasteiger partial charge in [-0.25, -0.2) is 9.59 Å². The number of rotatable bonds is 11. The van der Waals surface area contributed by atoms with E-state index in [0.29, 0.717) is 117 Å². The Morgan fingerprint density at radius 3 is 1.27 bits per heavy atom. The first-order chi connectivity index (χ1) is 37.3. The Morgan fingerprint density at radius 1 is 0.487 bits per heavy atom. The molecule has 6 saturated heterocycles. The molecule has 0 spiro atoms. The molecule has 0 saturated carbocycles. The molecule has 12 amide bonds. The lowest BCUT2D eigenvalue weighted by Crippen LogP contribution is -2.54. The summed E-state index contributed by atoms with van der Waals surface area (Å²) in [6.45, 7) is 8.76. The van der Waals surface area contributed by atoms with E-state index in [0.717, 1.165) is 21.2 Å². The van der Waals surface area contributed by atoms with Crippen molar-refractivity contribution in [1.82, 2.24) is 40.0 Å². The van der Waals surface area contributed by atoms with Crippen molar-refractivity contribution in [3.05, 3.63) is 58.7 Å². The number of nitrogens with one attached hydrogen (secondary N) is 2. The van der Waals surface area contributed by atoms with E-state index in [4.69, 9.17) is 9.47 Å². The molecule has 2 atom stereocenters. The molecule has 0 radical (unpaired) electrons. The van der Waals surface area contributed by atoms with Crippen LogP contribution in [-0.2, 0) is 38.2 Å². The highest BCUT2D eigenvalue weighted by Crippen LogP contribution is 2.34.